The molecule has 1 aliphatic rings. The van der Waals surface area contributed by atoms with E-state index in [-0.39, 0.29) is 18.1 Å². The number of ether oxygens (including phenoxy) is 2. The fraction of sp³-hybridized carbons (Fsp3) is 0.611. The molecule has 1 amide bonds. The Morgan fingerprint density at radius 1 is 1.38 bits per heavy atom. The quantitative estimate of drug-likeness (QED) is 0.897. The second-order valence-electron chi connectivity index (χ2n) is 7.61. The van der Waals surface area contributed by atoms with Crippen LogP contribution in [0.1, 0.15) is 58.2 Å². The first-order valence-electron chi connectivity index (χ1n) is 8.88. The number of carbonyl (C=O) groups excluding carboxylic acids is 1. The van der Waals surface area contributed by atoms with Crippen LogP contribution in [-0.4, -0.2) is 39.2 Å². The summed E-state index contributed by atoms with van der Waals surface area (Å²) in [5.74, 6) is 1.46. The molecule has 0 aliphatic heterocycles. The second-order valence-corrected chi connectivity index (χ2v) is 7.61. The van der Waals surface area contributed by atoms with Crippen LogP contribution in [0.15, 0.2) is 18.3 Å². The van der Waals surface area contributed by atoms with Gasteiger partial charge in [-0.1, -0.05) is 6.42 Å². The average molecular weight is 364 g/mol. The van der Waals surface area contributed by atoms with Crippen molar-refractivity contribution in [2.45, 2.75) is 64.0 Å². The van der Waals surface area contributed by atoms with Crippen molar-refractivity contribution in [1.82, 2.24) is 19.9 Å². The molecular formula is C18H25FN4O3. The van der Waals surface area contributed by atoms with E-state index in [1.807, 2.05) is 25.2 Å². The molecule has 2 aromatic heterocycles. The summed E-state index contributed by atoms with van der Waals surface area (Å²) in [5.41, 5.74) is 0.106. The molecule has 7 nitrogen and oxygen atoms in total. The molecule has 142 valence electrons. The smallest absolute Gasteiger partial charge is 0.407 e. The van der Waals surface area contributed by atoms with Gasteiger partial charge in [-0.2, -0.15) is 0 Å². The molecule has 0 saturated heterocycles. The number of rotatable bonds is 4. The molecule has 2 aromatic rings. The predicted octanol–water partition coefficient (Wildman–Crippen LogP) is 3.59. The molecule has 0 bridgehead atoms. The zero-order chi connectivity index (χ0) is 18.7. The Balaban J connectivity index is 1.69. The van der Waals surface area contributed by atoms with Gasteiger partial charge in [0, 0.05) is 24.2 Å². The Bertz CT molecular complexity index is 771. The van der Waals surface area contributed by atoms with E-state index in [1.165, 1.54) is 0 Å². The van der Waals surface area contributed by atoms with Gasteiger partial charge in [0.05, 0.1) is 0 Å². The number of alkyl carbamates (subject to hydrolysis) is 1. The topological polar surface area (TPSA) is 77.8 Å². The van der Waals surface area contributed by atoms with Crippen LogP contribution >= 0.6 is 0 Å². The highest BCUT2D eigenvalue weighted by atomic mass is 19.1. The van der Waals surface area contributed by atoms with E-state index in [0.29, 0.717) is 11.4 Å². The fourth-order valence-corrected chi connectivity index (χ4v) is 3.35. The number of fused-ring (bicyclic) bond motifs is 1. The van der Waals surface area contributed by atoms with Crippen LogP contribution in [0.2, 0.25) is 0 Å². The van der Waals surface area contributed by atoms with E-state index in [0.717, 1.165) is 31.5 Å². The van der Waals surface area contributed by atoms with Gasteiger partial charge in [0.25, 0.3) is 0 Å². The molecule has 0 aromatic carbocycles. The number of amides is 1. The molecule has 8 heteroatoms. The van der Waals surface area contributed by atoms with Gasteiger partial charge >= 0.3 is 6.09 Å². The van der Waals surface area contributed by atoms with Crippen molar-refractivity contribution in [1.29, 1.82) is 0 Å². The molecule has 1 fully saturated rings. The van der Waals surface area contributed by atoms with Crippen molar-refractivity contribution in [3.63, 3.8) is 0 Å². The number of pyridine rings is 1. The van der Waals surface area contributed by atoms with Gasteiger partial charge in [0.15, 0.2) is 5.65 Å². The summed E-state index contributed by atoms with van der Waals surface area (Å²) in [6, 6.07) is 3.40. The maximum atomic E-state index is 12.3. The lowest BCUT2D eigenvalue weighted by atomic mass is 9.85. The highest BCUT2D eigenvalue weighted by Crippen LogP contribution is 2.32. The zero-order valence-corrected chi connectivity index (χ0v) is 15.4. The lowest BCUT2D eigenvalue weighted by Gasteiger charge is -2.29. The van der Waals surface area contributed by atoms with Crippen LogP contribution in [0.5, 0.6) is 5.75 Å². The normalized spacial score (nSPS) is 20.8. The second kappa shape index (κ2) is 7.47. The zero-order valence-electron chi connectivity index (χ0n) is 15.4. The summed E-state index contributed by atoms with van der Waals surface area (Å²) < 4.78 is 24.4. The van der Waals surface area contributed by atoms with E-state index in [9.17, 15) is 9.18 Å². The SMILES string of the molecule is CC(C)(C)OC(=O)N[C@@H]1CCC[C@H](c2nnc3cc(OCF)ccn23)C1. The Morgan fingerprint density at radius 3 is 2.92 bits per heavy atom. The Morgan fingerprint density at radius 2 is 2.19 bits per heavy atom. The average Bonchev–Trinajstić information content (AvgIpc) is 2.96. The summed E-state index contributed by atoms with van der Waals surface area (Å²) in [6.45, 7) is 4.66. The fourth-order valence-electron chi connectivity index (χ4n) is 3.35. The number of hydrogen-bond acceptors (Lipinski definition) is 5. The van der Waals surface area contributed by atoms with Crippen molar-refractivity contribution in [2.24, 2.45) is 0 Å². The standard InChI is InChI=1S/C18H25FN4O3/c1-18(2,3)26-17(24)20-13-6-4-5-12(9-13)16-22-21-15-10-14(25-11-19)7-8-23(15)16/h7-8,10,12-13H,4-6,9,11H2,1-3H3,(H,20,24)/t12-,13+/m0/s1. The highest BCUT2D eigenvalue weighted by Gasteiger charge is 2.29. The van der Waals surface area contributed by atoms with E-state index in [2.05, 4.69) is 15.5 Å². The van der Waals surface area contributed by atoms with Crippen LogP contribution in [-0.2, 0) is 4.74 Å². The third kappa shape index (κ3) is 4.42. The maximum absolute atomic E-state index is 12.3. The van der Waals surface area contributed by atoms with Crippen LogP contribution in [0.3, 0.4) is 0 Å². The summed E-state index contributed by atoms with van der Waals surface area (Å²) in [4.78, 5) is 12.0. The third-order valence-electron chi connectivity index (χ3n) is 4.39. The molecule has 2 atom stereocenters. The minimum atomic E-state index is -0.877. The van der Waals surface area contributed by atoms with Crippen LogP contribution in [0.25, 0.3) is 5.65 Å². The van der Waals surface area contributed by atoms with Crippen molar-refractivity contribution in [2.75, 3.05) is 6.86 Å². The Labute approximate surface area is 151 Å². The Hall–Kier alpha value is -2.38. The summed E-state index contributed by atoms with van der Waals surface area (Å²) >= 11 is 0. The summed E-state index contributed by atoms with van der Waals surface area (Å²) in [6.07, 6.45) is 5.07. The molecule has 1 saturated carbocycles. The number of halogens is 1. The van der Waals surface area contributed by atoms with Crippen LogP contribution in [0.4, 0.5) is 9.18 Å². The number of nitrogens with zero attached hydrogens (tertiary/aromatic N) is 3. The monoisotopic (exact) mass is 364 g/mol. The van der Waals surface area contributed by atoms with Gasteiger partial charge < -0.3 is 14.8 Å². The first kappa shape index (κ1) is 18.4. The molecule has 1 N–H and O–H groups in total. The first-order valence-corrected chi connectivity index (χ1v) is 8.88. The molecular weight excluding hydrogens is 339 g/mol. The van der Waals surface area contributed by atoms with Crippen LogP contribution in [0, 0.1) is 0 Å². The molecule has 1 aliphatic carbocycles. The predicted molar refractivity (Wildman–Crippen MR) is 94.0 cm³/mol. The van der Waals surface area contributed by atoms with Gasteiger partial charge in [-0.15, -0.1) is 10.2 Å². The lowest BCUT2D eigenvalue weighted by Crippen LogP contribution is -2.41. The number of aromatic nitrogens is 3. The summed E-state index contributed by atoms with van der Waals surface area (Å²) in [7, 11) is 0. The van der Waals surface area contributed by atoms with Gasteiger partial charge in [-0.25, -0.2) is 9.18 Å². The number of carbonyl (C=O) groups is 1. The van der Waals surface area contributed by atoms with Crippen molar-refractivity contribution in [3.8, 4) is 5.75 Å². The van der Waals surface area contributed by atoms with Crippen molar-refractivity contribution < 1.29 is 18.7 Å². The van der Waals surface area contributed by atoms with Gasteiger partial charge in [0.2, 0.25) is 6.86 Å². The van der Waals surface area contributed by atoms with Crippen LogP contribution < -0.4 is 10.1 Å². The van der Waals surface area contributed by atoms with E-state index >= 15 is 0 Å². The van der Waals surface area contributed by atoms with Gasteiger partial charge in [0.1, 0.15) is 17.2 Å². The number of nitrogens with one attached hydrogen (secondary N) is 1. The Kier molecular flexibility index (Phi) is 5.29. The van der Waals surface area contributed by atoms with E-state index in [4.69, 9.17) is 9.47 Å². The largest absolute Gasteiger partial charge is 0.463 e. The summed E-state index contributed by atoms with van der Waals surface area (Å²) in [5, 5.41) is 11.4. The third-order valence-corrected chi connectivity index (χ3v) is 4.39. The minimum Gasteiger partial charge on any atom is -0.463 e. The molecule has 2 heterocycles. The number of hydrogen-bond donors (Lipinski definition) is 1. The van der Waals surface area contributed by atoms with Crippen molar-refractivity contribution in [3.05, 3.63) is 24.2 Å². The molecule has 3 rings (SSSR count). The molecule has 0 unspecified atom stereocenters. The minimum absolute atomic E-state index is 0.0464. The van der Waals surface area contributed by atoms with Gasteiger partial charge in [-0.3, -0.25) is 4.40 Å². The maximum Gasteiger partial charge on any atom is 0.407 e. The van der Waals surface area contributed by atoms with E-state index in [1.54, 1.807) is 18.3 Å². The molecule has 26 heavy (non-hydrogen) atoms. The molecule has 0 spiro atoms. The van der Waals surface area contributed by atoms with Gasteiger partial charge in [-0.05, 0) is 46.1 Å². The highest BCUT2D eigenvalue weighted by molar-refractivity contribution is 5.68. The van der Waals surface area contributed by atoms with E-state index < -0.39 is 12.5 Å². The first-order chi connectivity index (χ1) is 12.4. The van der Waals surface area contributed by atoms with Crippen molar-refractivity contribution >= 4 is 11.7 Å². The lowest BCUT2D eigenvalue weighted by molar-refractivity contribution is 0.0490. The molecule has 0 radical (unpaired) electrons. The number of alkyl halides is 1.